The molecule has 10 nitrogen and oxygen atoms in total. The van der Waals surface area contributed by atoms with Crippen molar-refractivity contribution in [2.75, 3.05) is 5.73 Å². The number of nitrogens with two attached hydrogens (primary N) is 1. The Balaban J connectivity index is 2.05. The van der Waals surface area contributed by atoms with Crippen LogP contribution in [0.2, 0.25) is 0 Å². The van der Waals surface area contributed by atoms with Crippen molar-refractivity contribution in [1.29, 1.82) is 0 Å². The van der Waals surface area contributed by atoms with Gasteiger partial charge in [-0.05, 0) is 46.2 Å². The number of aromatic nitrogens is 5. The smallest absolute Gasteiger partial charge is 0.241 e. The van der Waals surface area contributed by atoms with E-state index in [0.29, 0.717) is 17.3 Å². The lowest BCUT2D eigenvalue weighted by Gasteiger charge is -2.25. The molecule has 4 N–H and O–H groups in total. The summed E-state index contributed by atoms with van der Waals surface area (Å²) in [5.74, 6) is 1.47. The molecule has 0 bridgehead atoms. The number of rotatable bonds is 7. The Labute approximate surface area is 175 Å². The minimum absolute atomic E-state index is 0.0620. The molecular weight excluding hydrogens is 406 g/mol. The first-order valence-electron chi connectivity index (χ1n) is 9.29. The summed E-state index contributed by atoms with van der Waals surface area (Å²) in [7, 11) is -3.87. The van der Waals surface area contributed by atoms with Gasteiger partial charge in [-0.3, -0.25) is 0 Å². The van der Waals surface area contributed by atoms with Gasteiger partial charge in [-0.1, -0.05) is 18.2 Å². The number of nitrogens with one attached hydrogen (secondary N) is 1. The molecule has 30 heavy (non-hydrogen) atoms. The van der Waals surface area contributed by atoms with Gasteiger partial charge in [0, 0.05) is 0 Å². The van der Waals surface area contributed by atoms with Crippen molar-refractivity contribution in [3.63, 3.8) is 0 Å². The molecule has 0 spiro atoms. The molecule has 0 radical (unpaired) electrons. The summed E-state index contributed by atoms with van der Waals surface area (Å²) in [4.78, 5) is 13.0. The zero-order valence-electron chi connectivity index (χ0n) is 17.2. The number of aliphatic hydroxyl groups is 1. The topological polar surface area (TPSA) is 149 Å². The van der Waals surface area contributed by atoms with Gasteiger partial charge in [0.05, 0.1) is 28.4 Å². The molecular formula is C19H25N7O3S. The molecule has 3 aromatic rings. The number of nitrogens with zero attached hydrogens (tertiary/aromatic N) is 5. The van der Waals surface area contributed by atoms with Crippen molar-refractivity contribution in [2.45, 2.75) is 50.7 Å². The summed E-state index contributed by atoms with van der Waals surface area (Å²) in [5, 5.41) is 14.6. The molecule has 0 aliphatic rings. The largest absolute Gasteiger partial charge is 0.390 e. The third-order valence-corrected chi connectivity index (χ3v) is 5.77. The van der Waals surface area contributed by atoms with Crippen LogP contribution >= 0.6 is 0 Å². The molecule has 2 aromatic heterocycles. The first kappa shape index (κ1) is 21.8. The second-order valence-corrected chi connectivity index (χ2v) is 9.34. The van der Waals surface area contributed by atoms with E-state index < -0.39 is 21.7 Å². The van der Waals surface area contributed by atoms with Crippen LogP contribution in [-0.4, -0.2) is 43.9 Å². The lowest BCUT2D eigenvalue weighted by atomic mass is 9.98. The molecule has 0 aliphatic heterocycles. The highest BCUT2D eigenvalue weighted by atomic mass is 32.2. The average molecular weight is 432 g/mol. The maximum Gasteiger partial charge on any atom is 0.241 e. The Morgan fingerprint density at radius 1 is 1.20 bits per heavy atom. The SMILES string of the molecule is Cc1nc(C)n(-c2nc(C(CC(C)(C)O)NS(=O)(=O)c3ccccc3)cnc2N)n1. The summed E-state index contributed by atoms with van der Waals surface area (Å²) >= 11 is 0. The Hall–Kier alpha value is -2.89. The number of benzene rings is 1. The van der Waals surface area contributed by atoms with Crippen molar-refractivity contribution in [2.24, 2.45) is 0 Å². The van der Waals surface area contributed by atoms with Crippen LogP contribution in [-0.2, 0) is 10.0 Å². The third-order valence-electron chi connectivity index (χ3n) is 4.29. The fourth-order valence-corrected chi connectivity index (χ4v) is 4.24. The lowest BCUT2D eigenvalue weighted by molar-refractivity contribution is 0.0612. The normalized spacial score (nSPS) is 13.4. The van der Waals surface area contributed by atoms with Crippen molar-refractivity contribution in [3.05, 3.63) is 53.9 Å². The van der Waals surface area contributed by atoms with Gasteiger partial charge in [-0.2, -0.15) is 4.68 Å². The van der Waals surface area contributed by atoms with Gasteiger partial charge < -0.3 is 10.8 Å². The molecule has 0 saturated carbocycles. The van der Waals surface area contributed by atoms with Crippen molar-refractivity contribution in [1.82, 2.24) is 29.5 Å². The molecule has 0 saturated heterocycles. The number of hydrogen-bond donors (Lipinski definition) is 3. The maximum atomic E-state index is 12.9. The third kappa shape index (κ3) is 4.99. The first-order chi connectivity index (χ1) is 14.0. The summed E-state index contributed by atoms with van der Waals surface area (Å²) < 4.78 is 29.9. The Kier molecular flexibility index (Phi) is 5.88. The van der Waals surface area contributed by atoms with Gasteiger partial charge in [-0.15, -0.1) is 5.10 Å². The molecule has 0 fully saturated rings. The fourth-order valence-electron chi connectivity index (χ4n) is 3.01. The quantitative estimate of drug-likeness (QED) is 0.509. The van der Waals surface area contributed by atoms with Gasteiger partial charge in [0.2, 0.25) is 10.0 Å². The van der Waals surface area contributed by atoms with Gasteiger partial charge >= 0.3 is 0 Å². The van der Waals surface area contributed by atoms with Crippen LogP contribution in [0.15, 0.2) is 41.4 Å². The van der Waals surface area contributed by atoms with E-state index in [0.717, 1.165) is 0 Å². The number of anilines is 1. The average Bonchev–Trinajstić information content (AvgIpc) is 2.99. The van der Waals surface area contributed by atoms with Crippen LogP contribution in [0.25, 0.3) is 5.82 Å². The predicted octanol–water partition coefficient (Wildman–Crippen LogP) is 1.44. The Morgan fingerprint density at radius 2 is 1.87 bits per heavy atom. The van der Waals surface area contributed by atoms with E-state index >= 15 is 0 Å². The van der Waals surface area contributed by atoms with Crippen LogP contribution in [0.1, 0.15) is 43.7 Å². The molecule has 1 unspecified atom stereocenters. The van der Waals surface area contributed by atoms with Gasteiger partial charge in [0.1, 0.15) is 11.6 Å². The minimum atomic E-state index is -3.87. The van der Waals surface area contributed by atoms with Crippen LogP contribution in [0.5, 0.6) is 0 Å². The number of sulfonamides is 1. The Morgan fingerprint density at radius 3 is 2.43 bits per heavy atom. The summed E-state index contributed by atoms with van der Waals surface area (Å²) in [6.45, 7) is 6.67. The predicted molar refractivity (Wildman–Crippen MR) is 111 cm³/mol. The van der Waals surface area contributed by atoms with E-state index in [9.17, 15) is 13.5 Å². The number of nitrogen functional groups attached to an aromatic ring is 1. The standard InChI is InChI=1S/C19H25N7O3S/c1-12-22-13(2)26(24-12)18-17(20)21-11-16(23-18)15(10-19(3,4)27)25-30(28,29)14-8-6-5-7-9-14/h5-9,11,15,25,27H,10H2,1-4H3,(H2,20,21). The highest BCUT2D eigenvalue weighted by Gasteiger charge is 2.29. The fraction of sp³-hybridized carbons (Fsp3) is 0.368. The number of aryl methyl sites for hydroxylation is 2. The molecule has 0 amide bonds. The van der Waals surface area contributed by atoms with Gasteiger partial charge in [0.25, 0.3) is 0 Å². The Bertz CT molecular complexity index is 1140. The number of hydrogen-bond acceptors (Lipinski definition) is 8. The van der Waals surface area contributed by atoms with E-state index in [1.54, 1.807) is 45.9 Å². The van der Waals surface area contributed by atoms with Crippen LogP contribution in [0, 0.1) is 13.8 Å². The molecule has 11 heteroatoms. The van der Waals surface area contributed by atoms with Crippen LogP contribution < -0.4 is 10.5 Å². The highest BCUT2D eigenvalue weighted by molar-refractivity contribution is 7.89. The zero-order chi connectivity index (χ0) is 22.1. The van der Waals surface area contributed by atoms with Crippen LogP contribution in [0.3, 0.4) is 0 Å². The lowest BCUT2D eigenvalue weighted by Crippen LogP contribution is -2.35. The van der Waals surface area contributed by atoms with Crippen molar-refractivity contribution >= 4 is 15.8 Å². The molecule has 1 aromatic carbocycles. The van der Waals surface area contributed by atoms with E-state index in [1.807, 2.05) is 0 Å². The monoisotopic (exact) mass is 431 g/mol. The van der Waals surface area contributed by atoms with E-state index in [2.05, 4.69) is 24.8 Å². The molecule has 160 valence electrons. The molecule has 1 atom stereocenters. The second kappa shape index (κ2) is 8.09. The van der Waals surface area contributed by atoms with Gasteiger partial charge in [-0.25, -0.2) is 28.1 Å². The van der Waals surface area contributed by atoms with Gasteiger partial charge in [0.15, 0.2) is 11.6 Å². The van der Waals surface area contributed by atoms with Crippen molar-refractivity contribution < 1.29 is 13.5 Å². The van der Waals surface area contributed by atoms with E-state index in [1.165, 1.54) is 23.0 Å². The van der Waals surface area contributed by atoms with Crippen molar-refractivity contribution in [3.8, 4) is 5.82 Å². The van der Waals surface area contributed by atoms with E-state index in [-0.39, 0.29) is 23.0 Å². The first-order valence-corrected chi connectivity index (χ1v) is 10.8. The van der Waals surface area contributed by atoms with E-state index in [4.69, 9.17) is 5.73 Å². The minimum Gasteiger partial charge on any atom is -0.390 e. The molecule has 3 rings (SSSR count). The zero-order valence-corrected chi connectivity index (χ0v) is 18.1. The maximum absolute atomic E-state index is 12.9. The highest BCUT2D eigenvalue weighted by Crippen LogP contribution is 2.26. The van der Waals surface area contributed by atoms with Crippen LogP contribution in [0.4, 0.5) is 5.82 Å². The summed E-state index contributed by atoms with van der Waals surface area (Å²) in [6.07, 6.45) is 1.45. The molecule has 0 aliphatic carbocycles. The summed E-state index contributed by atoms with van der Waals surface area (Å²) in [5.41, 5.74) is 5.12. The second-order valence-electron chi connectivity index (χ2n) is 7.63. The summed E-state index contributed by atoms with van der Waals surface area (Å²) in [6, 6.07) is 7.13. The molecule has 2 heterocycles.